The van der Waals surface area contributed by atoms with Gasteiger partial charge in [-0.3, -0.25) is 9.59 Å². The molecular weight excluding hydrogens is 374 g/mol. The fourth-order valence-corrected chi connectivity index (χ4v) is 3.13. The van der Waals surface area contributed by atoms with Gasteiger partial charge in [-0.2, -0.15) is 0 Å². The summed E-state index contributed by atoms with van der Waals surface area (Å²) in [6.07, 6.45) is 0.291. The first-order valence-corrected chi connectivity index (χ1v) is 9.35. The van der Waals surface area contributed by atoms with Crippen LogP contribution in [-0.4, -0.2) is 40.3 Å². The summed E-state index contributed by atoms with van der Waals surface area (Å²) in [5.41, 5.74) is 2.69. The van der Waals surface area contributed by atoms with E-state index in [1.165, 1.54) is 0 Å². The summed E-state index contributed by atoms with van der Waals surface area (Å²) in [6.45, 7) is 5.94. The number of hydrogen-bond acceptors (Lipinski definition) is 6. The van der Waals surface area contributed by atoms with Gasteiger partial charge in [-0.1, -0.05) is 17.3 Å². The van der Waals surface area contributed by atoms with Crippen molar-refractivity contribution in [2.24, 2.45) is 5.92 Å². The van der Waals surface area contributed by atoms with E-state index in [2.05, 4.69) is 15.5 Å². The number of pyridine rings is 1. The van der Waals surface area contributed by atoms with E-state index in [0.29, 0.717) is 35.4 Å². The standard InChI is InChI=1S/C21H23N3O5/c1-4-28-16-7-5-14(6-8-16)10-15(21(26)27)11-22-19(25)17-9-12(2)23-20-18(17)13(3)24-29-20/h5-9,15H,4,10-11H2,1-3H3,(H,22,25)(H,26,27). The number of nitrogens with one attached hydrogen (secondary N) is 1. The molecule has 0 radical (unpaired) electrons. The van der Waals surface area contributed by atoms with Gasteiger partial charge in [0.1, 0.15) is 5.75 Å². The lowest BCUT2D eigenvalue weighted by Crippen LogP contribution is -2.34. The number of aryl methyl sites for hydroxylation is 2. The highest BCUT2D eigenvalue weighted by molar-refractivity contribution is 6.06. The minimum absolute atomic E-state index is 0.00539. The minimum atomic E-state index is -0.976. The van der Waals surface area contributed by atoms with Gasteiger partial charge in [0.05, 0.1) is 29.2 Å². The maximum atomic E-state index is 12.7. The van der Waals surface area contributed by atoms with Crippen molar-refractivity contribution in [2.45, 2.75) is 27.2 Å². The van der Waals surface area contributed by atoms with E-state index in [9.17, 15) is 14.7 Å². The number of amides is 1. The highest BCUT2D eigenvalue weighted by Gasteiger charge is 2.22. The number of carboxylic acids is 1. The Morgan fingerprint density at radius 1 is 1.24 bits per heavy atom. The molecule has 0 aliphatic rings. The first kappa shape index (κ1) is 20.3. The number of benzene rings is 1. The zero-order chi connectivity index (χ0) is 21.0. The molecule has 2 heterocycles. The van der Waals surface area contributed by atoms with Crippen LogP contribution in [0.3, 0.4) is 0 Å². The third kappa shape index (κ3) is 4.71. The van der Waals surface area contributed by atoms with Crippen molar-refractivity contribution in [1.29, 1.82) is 0 Å². The Morgan fingerprint density at radius 3 is 2.62 bits per heavy atom. The van der Waals surface area contributed by atoms with Gasteiger partial charge in [0.2, 0.25) is 0 Å². The fourth-order valence-electron chi connectivity index (χ4n) is 3.13. The second-order valence-electron chi connectivity index (χ2n) is 6.79. The molecule has 3 aromatic rings. The molecule has 1 amide bonds. The van der Waals surface area contributed by atoms with Gasteiger partial charge in [-0.05, 0) is 51.0 Å². The molecule has 0 bridgehead atoms. The number of nitrogens with zero attached hydrogens (tertiary/aromatic N) is 2. The van der Waals surface area contributed by atoms with Crippen LogP contribution < -0.4 is 10.1 Å². The maximum Gasteiger partial charge on any atom is 0.308 e. The Kier molecular flexibility index (Phi) is 6.11. The molecule has 0 spiro atoms. The second-order valence-corrected chi connectivity index (χ2v) is 6.79. The Morgan fingerprint density at radius 2 is 1.97 bits per heavy atom. The molecule has 1 atom stereocenters. The Balaban J connectivity index is 1.71. The summed E-state index contributed by atoms with van der Waals surface area (Å²) in [7, 11) is 0. The zero-order valence-corrected chi connectivity index (χ0v) is 16.6. The molecule has 0 saturated heterocycles. The van der Waals surface area contributed by atoms with Gasteiger partial charge < -0.3 is 19.7 Å². The first-order chi connectivity index (χ1) is 13.9. The molecule has 3 rings (SSSR count). The van der Waals surface area contributed by atoms with Crippen LogP contribution >= 0.6 is 0 Å². The number of fused-ring (bicyclic) bond motifs is 1. The van der Waals surface area contributed by atoms with Crippen LogP contribution in [0.4, 0.5) is 0 Å². The number of hydrogen-bond donors (Lipinski definition) is 2. The Bertz CT molecular complexity index is 1030. The van der Waals surface area contributed by atoms with Crippen LogP contribution in [0, 0.1) is 19.8 Å². The Labute approximate surface area is 167 Å². The van der Waals surface area contributed by atoms with E-state index in [-0.39, 0.29) is 18.2 Å². The van der Waals surface area contributed by atoms with Crippen LogP contribution in [0.5, 0.6) is 5.75 Å². The molecule has 0 aliphatic heterocycles. The van der Waals surface area contributed by atoms with E-state index in [0.717, 1.165) is 11.3 Å². The summed E-state index contributed by atoms with van der Waals surface area (Å²) in [5, 5.41) is 16.7. The third-order valence-electron chi connectivity index (χ3n) is 4.56. The smallest absolute Gasteiger partial charge is 0.308 e. The molecule has 8 nitrogen and oxygen atoms in total. The van der Waals surface area contributed by atoms with Crippen molar-refractivity contribution in [2.75, 3.05) is 13.2 Å². The second kappa shape index (κ2) is 8.72. The largest absolute Gasteiger partial charge is 0.494 e. The molecular formula is C21H23N3O5. The lowest BCUT2D eigenvalue weighted by molar-refractivity contribution is -0.141. The van der Waals surface area contributed by atoms with E-state index < -0.39 is 11.9 Å². The average Bonchev–Trinajstić information content (AvgIpc) is 3.06. The van der Waals surface area contributed by atoms with Crippen molar-refractivity contribution in [3.63, 3.8) is 0 Å². The normalized spacial score (nSPS) is 12.0. The highest BCUT2D eigenvalue weighted by atomic mass is 16.5. The van der Waals surface area contributed by atoms with Gasteiger partial charge in [0.25, 0.3) is 11.6 Å². The van der Waals surface area contributed by atoms with Gasteiger partial charge >= 0.3 is 5.97 Å². The van der Waals surface area contributed by atoms with Crippen molar-refractivity contribution in [3.8, 4) is 5.75 Å². The molecule has 1 aromatic carbocycles. The molecule has 8 heteroatoms. The average molecular weight is 397 g/mol. The molecule has 1 unspecified atom stereocenters. The SMILES string of the molecule is CCOc1ccc(CC(CNC(=O)c2cc(C)nc3onc(C)c23)C(=O)O)cc1. The summed E-state index contributed by atoms with van der Waals surface area (Å²) < 4.78 is 10.5. The lowest BCUT2D eigenvalue weighted by atomic mass is 9.99. The number of aliphatic carboxylic acids is 1. The van der Waals surface area contributed by atoms with Crippen LogP contribution in [-0.2, 0) is 11.2 Å². The summed E-state index contributed by atoms with van der Waals surface area (Å²) in [5.74, 6) is -1.39. The van der Waals surface area contributed by atoms with E-state index in [4.69, 9.17) is 9.26 Å². The van der Waals surface area contributed by atoms with Crippen LogP contribution in [0.2, 0.25) is 0 Å². The number of ether oxygens (including phenoxy) is 1. The van der Waals surface area contributed by atoms with Gasteiger partial charge in [0.15, 0.2) is 0 Å². The summed E-state index contributed by atoms with van der Waals surface area (Å²) in [6, 6.07) is 8.92. The molecule has 0 fully saturated rings. The predicted molar refractivity (Wildman–Crippen MR) is 106 cm³/mol. The van der Waals surface area contributed by atoms with Gasteiger partial charge in [-0.15, -0.1) is 0 Å². The minimum Gasteiger partial charge on any atom is -0.494 e. The molecule has 152 valence electrons. The van der Waals surface area contributed by atoms with E-state index >= 15 is 0 Å². The fraction of sp³-hybridized carbons (Fsp3) is 0.333. The van der Waals surface area contributed by atoms with Crippen molar-refractivity contribution >= 4 is 23.0 Å². The van der Waals surface area contributed by atoms with Crippen LogP contribution in [0.1, 0.15) is 34.2 Å². The van der Waals surface area contributed by atoms with Crippen molar-refractivity contribution in [1.82, 2.24) is 15.5 Å². The summed E-state index contributed by atoms with van der Waals surface area (Å²) in [4.78, 5) is 28.7. The molecule has 0 saturated carbocycles. The number of carbonyl (C=O) groups excluding carboxylic acids is 1. The first-order valence-electron chi connectivity index (χ1n) is 9.35. The van der Waals surface area contributed by atoms with Crippen molar-refractivity contribution in [3.05, 3.63) is 52.8 Å². The number of aromatic nitrogens is 2. The third-order valence-corrected chi connectivity index (χ3v) is 4.56. The molecule has 2 aromatic heterocycles. The van der Waals surface area contributed by atoms with Crippen molar-refractivity contribution < 1.29 is 24.0 Å². The van der Waals surface area contributed by atoms with E-state index in [1.807, 2.05) is 31.2 Å². The van der Waals surface area contributed by atoms with Gasteiger partial charge in [0, 0.05) is 12.2 Å². The molecule has 29 heavy (non-hydrogen) atoms. The predicted octanol–water partition coefficient (Wildman–Crippen LogP) is 2.91. The number of rotatable bonds is 8. The monoisotopic (exact) mass is 397 g/mol. The number of carbonyl (C=O) groups is 2. The maximum absolute atomic E-state index is 12.7. The summed E-state index contributed by atoms with van der Waals surface area (Å²) >= 11 is 0. The van der Waals surface area contributed by atoms with Crippen LogP contribution in [0.25, 0.3) is 11.1 Å². The molecule has 2 N–H and O–H groups in total. The molecule has 0 aliphatic carbocycles. The van der Waals surface area contributed by atoms with E-state index in [1.54, 1.807) is 19.9 Å². The van der Waals surface area contributed by atoms with Gasteiger partial charge in [-0.25, -0.2) is 4.98 Å². The number of carboxylic acid groups (broad SMARTS) is 1. The quantitative estimate of drug-likeness (QED) is 0.600. The zero-order valence-electron chi connectivity index (χ0n) is 16.6. The van der Waals surface area contributed by atoms with Crippen LogP contribution in [0.15, 0.2) is 34.9 Å². The highest BCUT2D eigenvalue weighted by Crippen LogP contribution is 2.22. The Hall–Kier alpha value is -3.42. The lowest BCUT2D eigenvalue weighted by Gasteiger charge is -2.14. The topological polar surface area (TPSA) is 115 Å².